The maximum Gasteiger partial charge on any atom is 0.220 e. The molecule has 2 rings (SSSR count). The molecule has 0 radical (unpaired) electrons. The van der Waals surface area contributed by atoms with Crippen LogP contribution in [0.1, 0.15) is 271 Å². The van der Waals surface area contributed by atoms with E-state index in [4.69, 9.17) is 18.9 Å². The molecule has 12 atom stereocenters. The highest BCUT2D eigenvalue weighted by Crippen LogP contribution is 2.30. The summed E-state index contributed by atoms with van der Waals surface area (Å²) in [6.07, 6.45) is 40.8. The third-order valence-electron chi connectivity index (χ3n) is 15.6. The van der Waals surface area contributed by atoms with Crippen molar-refractivity contribution in [3.63, 3.8) is 0 Å². The number of nitrogens with one attached hydrogen (secondary N) is 1. The molecule has 14 nitrogen and oxygen atoms in total. The van der Waals surface area contributed by atoms with Crippen molar-refractivity contribution in [1.29, 1.82) is 0 Å². The molecule has 12 unspecified atom stereocenters. The van der Waals surface area contributed by atoms with Crippen molar-refractivity contribution in [3.05, 3.63) is 24.3 Å². The second kappa shape index (κ2) is 48.2. The van der Waals surface area contributed by atoms with E-state index in [1.54, 1.807) is 6.08 Å². The Labute approximate surface area is 462 Å². The SMILES string of the molecule is CCCCCCCCCC/C=C\CCCCCCCCCCCCCCCCCC(=O)NC(COC1OC(CO)C(OC2OC(CO)C(O)C(O)C2O)C(O)C1O)C(O)/C=C/CCCCCCCCCCCCCCC. The van der Waals surface area contributed by atoms with Crippen LogP contribution in [0.15, 0.2) is 24.3 Å². The number of hydrogen-bond acceptors (Lipinski definition) is 13. The van der Waals surface area contributed by atoms with Crippen molar-refractivity contribution in [3.8, 4) is 0 Å². The van der Waals surface area contributed by atoms with Gasteiger partial charge in [-0.2, -0.15) is 0 Å². The Hall–Kier alpha value is -1.53. The fourth-order valence-electron chi connectivity index (χ4n) is 10.5. The average Bonchev–Trinajstić information content (AvgIpc) is 3.42. The van der Waals surface area contributed by atoms with E-state index in [1.807, 2.05) is 6.08 Å². The molecule has 2 heterocycles. The van der Waals surface area contributed by atoms with Crippen LogP contribution in [0.4, 0.5) is 0 Å². The molecular formula is C62H117NO13. The molecular weight excluding hydrogens is 967 g/mol. The first-order chi connectivity index (χ1) is 37.1. The van der Waals surface area contributed by atoms with Crippen molar-refractivity contribution < 1.29 is 64.6 Å². The molecule has 0 bridgehead atoms. The van der Waals surface area contributed by atoms with Crippen LogP contribution >= 0.6 is 0 Å². The summed E-state index contributed by atoms with van der Waals surface area (Å²) in [5.41, 5.74) is 0. The maximum absolute atomic E-state index is 13.3. The molecule has 76 heavy (non-hydrogen) atoms. The minimum absolute atomic E-state index is 0.236. The van der Waals surface area contributed by atoms with Crippen molar-refractivity contribution in [2.45, 2.75) is 344 Å². The number of carbonyl (C=O) groups is 1. The van der Waals surface area contributed by atoms with E-state index in [0.29, 0.717) is 6.42 Å². The van der Waals surface area contributed by atoms with Gasteiger partial charge < -0.3 is 65.1 Å². The van der Waals surface area contributed by atoms with Gasteiger partial charge in [0.15, 0.2) is 12.6 Å². The number of amides is 1. The topological polar surface area (TPSA) is 228 Å². The lowest BCUT2D eigenvalue weighted by Crippen LogP contribution is -2.65. The normalized spacial score (nSPS) is 25.0. The molecule has 0 aromatic heterocycles. The molecule has 2 saturated heterocycles. The monoisotopic (exact) mass is 1080 g/mol. The number of unbranched alkanes of at least 4 members (excludes halogenated alkanes) is 36. The second-order valence-corrected chi connectivity index (χ2v) is 22.5. The summed E-state index contributed by atoms with van der Waals surface area (Å²) in [6.45, 7) is 2.82. The summed E-state index contributed by atoms with van der Waals surface area (Å²) in [7, 11) is 0. The third kappa shape index (κ3) is 33.3. The molecule has 2 aliphatic rings. The second-order valence-electron chi connectivity index (χ2n) is 22.5. The molecule has 2 fully saturated rings. The van der Waals surface area contributed by atoms with E-state index in [1.165, 1.54) is 205 Å². The first-order valence-electron chi connectivity index (χ1n) is 31.6. The predicted molar refractivity (Wildman–Crippen MR) is 305 cm³/mol. The number of hydrogen-bond donors (Lipinski definition) is 9. The number of carbonyl (C=O) groups excluding carboxylic acids is 1. The largest absolute Gasteiger partial charge is 0.394 e. The van der Waals surface area contributed by atoms with Gasteiger partial charge in [0.2, 0.25) is 5.91 Å². The van der Waals surface area contributed by atoms with Crippen molar-refractivity contribution in [2.75, 3.05) is 19.8 Å². The minimum atomic E-state index is -1.79. The Kier molecular flexibility index (Phi) is 44.8. The lowest BCUT2D eigenvalue weighted by atomic mass is 9.97. The van der Waals surface area contributed by atoms with Crippen molar-refractivity contribution in [2.24, 2.45) is 0 Å². The molecule has 448 valence electrons. The number of allylic oxidation sites excluding steroid dienone is 3. The zero-order valence-corrected chi connectivity index (χ0v) is 48.3. The van der Waals surface area contributed by atoms with Crippen LogP contribution in [0, 0.1) is 0 Å². The molecule has 2 aliphatic heterocycles. The Morgan fingerprint density at radius 3 is 1.25 bits per heavy atom. The molecule has 9 N–H and O–H groups in total. The molecule has 0 aromatic carbocycles. The van der Waals surface area contributed by atoms with Gasteiger partial charge in [-0.3, -0.25) is 4.79 Å². The van der Waals surface area contributed by atoms with E-state index in [2.05, 4.69) is 31.3 Å². The van der Waals surface area contributed by atoms with Gasteiger partial charge in [-0.15, -0.1) is 0 Å². The van der Waals surface area contributed by atoms with Crippen molar-refractivity contribution >= 4 is 5.91 Å². The molecule has 0 saturated carbocycles. The molecule has 1 amide bonds. The minimum Gasteiger partial charge on any atom is -0.394 e. The number of aliphatic hydroxyl groups is 8. The van der Waals surface area contributed by atoms with Gasteiger partial charge in [0.25, 0.3) is 0 Å². The first-order valence-corrected chi connectivity index (χ1v) is 31.6. The summed E-state index contributed by atoms with van der Waals surface area (Å²) in [6, 6.07) is -0.911. The Balaban J connectivity index is 1.70. The van der Waals surface area contributed by atoms with Crippen LogP contribution in [-0.2, 0) is 23.7 Å². The number of rotatable bonds is 51. The van der Waals surface area contributed by atoms with Gasteiger partial charge >= 0.3 is 0 Å². The first kappa shape index (κ1) is 70.6. The molecule has 0 aromatic rings. The average molecular weight is 1080 g/mol. The zero-order valence-electron chi connectivity index (χ0n) is 48.3. The van der Waals surface area contributed by atoms with E-state index < -0.39 is 86.8 Å². The maximum atomic E-state index is 13.3. The zero-order chi connectivity index (χ0) is 55.3. The van der Waals surface area contributed by atoms with Crippen LogP contribution in [0.5, 0.6) is 0 Å². The third-order valence-corrected chi connectivity index (χ3v) is 15.6. The Morgan fingerprint density at radius 1 is 0.461 bits per heavy atom. The summed E-state index contributed by atoms with van der Waals surface area (Å²) < 4.78 is 22.8. The molecule has 0 spiro atoms. The predicted octanol–water partition coefficient (Wildman–Crippen LogP) is 11.2. The lowest BCUT2D eigenvalue weighted by Gasteiger charge is -2.46. The quantitative estimate of drug-likeness (QED) is 0.0204. The smallest absolute Gasteiger partial charge is 0.220 e. The van der Waals surface area contributed by atoms with E-state index in [0.717, 1.165) is 38.5 Å². The molecule has 14 heteroatoms. The molecule has 0 aliphatic carbocycles. The van der Waals surface area contributed by atoms with Crippen molar-refractivity contribution in [1.82, 2.24) is 5.32 Å². The fraction of sp³-hybridized carbons (Fsp3) is 0.919. The highest BCUT2D eigenvalue weighted by atomic mass is 16.7. The summed E-state index contributed by atoms with van der Waals surface area (Å²) in [5, 5.41) is 87.1. The summed E-state index contributed by atoms with van der Waals surface area (Å²) in [4.78, 5) is 13.3. The summed E-state index contributed by atoms with van der Waals surface area (Å²) >= 11 is 0. The van der Waals surface area contributed by atoms with Crippen LogP contribution < -0.4 is 5.32 Å². The standard InChI is InChI=1S/C62H117NO13/c1-3-5-7-9-11-13-15-17-19-20-21-22-23-24-25-26-27-28-29-30-32-34-36-38-40-42-44-46-54(67)63-50(51(66)45-43-41-39-37-35-33-31-18-16-14-12-10-8-6-4-2)49-73-61-59(72)57(70)60(53(48-65)75-61)76-62-58(71)56(69)55(68)52(47-64)74-62/h20-21,43,45,50-53,55-62,64-66,68-72H,3-19,22-42,44,46-49H2,1-2H3,(H,63,67)/b21-20-,45-43+. The van der Waals surface area contributed by atoms with Crippen LogP contribution in [-0.4, -0.2) is 140 Å². The fourth-order valence-corrected chi connectivity index (χ4v) is 10.5. The van der Waals surface area contributed by atoms with Crippen LogP contribution in [0.25, 0.3) is 0 Å². The Morgan fingerprint density at radius 2 is 0.829 bits per heavy atom. The van der Waals surface area contributed by atoms with Crippen LogP contribution in [0.2, 0.25) is 0 Å². The van der Waals surface area contributed by atoms with Gasteiger partial charge in [0, 0.05) is 6.42 Å². The summed E-state index contributed by atoms with van der Waals surface area (Å²) in [5.74, 6) is -0.236. The Bertz CT molecular complexity index is 1370. The highest BCUT2D eigenvalue weighted by Gasteiger charge is 2.51. The van der Waals surface area contributed by atoms with Gasteiger partial charge in [-0.1, -0.05) is 244 Å². The van der Waals surface area contributed by atoms with Gasteiger partial charge in [-0.25, -0.2) is 0 Å². The number of ether oxygens (including phenoxy) is 4. The van der Waals surface area contributed by atoms with Gasteiger partial charge in [0.05, 0.1) is 32.0 Å². The van der Waals surface area contributed by atoms with Gasteiger partial charge in [0.1, 0.15) is 48.8 Å². The van der Waals surface area contributed by atoms with E-state index in [9.17, 15) is 45.6 Å². The van der Waals surface area contributed by atoms with Gasteiger partial charge in [-0.05, 0) is 44.9 Å². The van der Waals surface area contributed by atoms with Crippen LogP contribution in [0.3, 0.4) is 0 Å². The number of aliphatic hydroxyl groups excluding tert-OH is 8. The van der Waals surface area contributed by atoms with E-state index in [-0.39, 0.29) is 18.9 Å². The lowest BCUT2D eigenvalue weighted by molar-refractivity contribution is -0.359. The van der Waals surface area contributed by atoms with E-state index >= 15 is 0 Å². The highest BCUT2D eigenvalue weighted by molar-refractivity contribution is 5.76.